The van der Waals surface area contributed by atoms with E-state index < -0.39 is 19.2 Å². The maximum absolute atomic E-state index is 10.9. The summed E-state index contributed by atoms with van der Waals surface area (Å²) in [5.41, 5.74) is 0.615. The van der Waals surface area contributed by atoms with E-state index in [4.69, 9.17) is 14.9 Å². The van der Waals surface area contributed by atoms with E-state index in [0.717, 1.165) is 0 Å². The minimum atomic E-state index is -4.55. The number of aliphatic carboxylic acids is 1. The average Bonchev–Trinajstić information content (AvgIpc) is 2.24. The lowest BCUT2D eigenvalue weighted by Crippen LogP contribution is -2.23. The number of phosphoric acid groups is 1. The Morgan fingerprint density at radius 3 is 2.42 bits per heavy atom. The van der Waals surface area contributed by atoms with E-state index in [0.29, 0.717) is 11.1 Å². The lowest BCUT2D eigenvalue weighted by molar-refractivity contribution is -0.138. The molecule has 7 heteroatoms. The minimum absolute atomic E-state index is 0.0834. The van der Waals surface area contributed by atoms with Crippen LogP contribution in [0, 0.1) is 0 Å². The molecule has 3 N–H and O–H groups in total. The predicted octanol–water partition coefficient (Wildman–Crippen LogP) is 2.05. The molecule has 0 aliphatic rings. The van der Waals surface area contributed by atoms with Gasteiger partial charge in [-0.3, -0.25) is 9.32 Å². The number of carboxylic acids is 1. The minimum Gasteiger partial charge on any atom is -0.481 e. The van der Waals surface area contributed by atoms with Crippen LogP contribution >= 0.6 is 7.82 Å². The van der Waals surface area contributed by atoms with Gasteiger partial charge in [-0.25, -0.2) is 4.57 Å². The molecule has 0 saturated heterocycles. The van der Waals surface area contributed by atoms with Crippen LogP contribution in [0.4, 0.5) is 0 Å². The topological polar surface area (TPSA) is 104 Å². The van der Waals surface area contributed by atoms with E-state index in [2.05, 4.69) is 4.52 Å². The first-order valence-corrected chi connectivity index (χ1v) is 7.15. The van der Waals surface area contributed by atoms with Gasteiger partial charge in [0.25, 0.3) is 0 Å². The molecule has 0 unspecified atom stereocenters. The van der Waals surface area contributed by atoms with Crippen molar-refractivity contribution in [3.8, 4) is 0 Å². The molecular formula is C12H17O6P. The van der Waals surface area contributed by atoms with Crippen molar-refractivity contribution in [3.05, 3.63) is 35.4 Å². The number of rotatable bonds is 6. The number of hydrogen-bond donors (Lipinski definition) is 3. The van der Waals surface area contributed by atoms with Crippen molar-refractivity contribution in [2.75, 3.05) is 0 Å². The summed E-state index contributed by atoms with van der Waals surface area (Å²) in [4.78, 5) is 28.3. The maximum atomic E-state index is 10.9. The largest absolute Gasteiger partial charge is 0.481 e. The van der Waals surface area contributed by atoms with Gasteiger partial charge in [0.1, 0.15) is 0 Å². The van der Waals surface area contributed by atoms with Gasteiger partial charge < -0.3 is 14.9 Å². The van der Waals surface area contributed by atoms with Gasteiger partial charge >= 0.3 is 13.8 Å². The first-order valence-electron chi connectivity index (χ1n) is 5.62. The molecular weight excluding hydrogens is 271 g/mol. The second kappa shape index (κ2) is 5.84. The van der Waals surface area contributed by atoms with Gasteiger partial charge in [-0.1, -0.05) is 38.1 Å². The number of carboxylic acid groups (broad SMARTS) is 1. The molecule has 0 radical (unpaired) electrons. The highest BCUT2D eigenvalue weighted by molar-refractivity contribution is 7.46. The normalized spacial score (nSPS) is 12.4. The zero-order chi connectivity index (χ0) is 14.7. The van der Waals surface area contributed by atoms with Gasteiger partial charge in [-0.2, -0.15) is 0 Å². The third-order valence-electron chi connectivity index (χ3n) is 2.73. The summed E-state index contributed by atoms with van der Waals surface area (Å²) >= 11 is 0. The number of phosphoric ester groups is 1. The summed E-state index contributed by atoms with van der Waals surface area (Å²) in [7, 11) is -4.55. The Hall–Kier alpha value is -1.20. The van der Waals surface area contributed by atoms with E-state index in [1.807, 2.05) is 0 Å². The summed E-state index contributed by atoms with van der Waals surface area (Å²) in [5.74, 6) is -0.935. The molecule has 0 amide bonds. The van der Waals surface area contributed by atoms with Crippen LogP contribution in [0.5, 0.6) is 0 Å². The van der Waals surface area contributed by atoms with Crippen molar-refractivity contribution >= 4 is 13.8 Å². The van der Waals surface area contributed by atoms with Crippen LogP contribution in [0.3, 0.4) is 0 Å². The zero-order valence-electron chi connectivity index (χ0n) is 10.7. The van der Waals surface area contributed by atoms with Crippen molar-refractivity contribution in [3.63, 3.8) is 0 Å². The summed E-state index contributed by atoms with van der Waals surface area (Å²) in [5, 5.41) is 8.90. The fourth-order valence-electron chi connectivity index (χ4n) is 1.93. The highest BCUT2D eigenvalue weighted by Crippen LogP contribution is 2.38. The fraction of sp³-hybridized carbons (Fsp3) is 0.417. The Kier molecular flexibility index (Phi) is 4.87. The Bertz CT molecular complexity index is 505. The standard InChI is InChI=1S/C12H17O6P/c1-12(2,7-11(13)14)10-6-4-3-5-9(10)8-18-19(15,16)17/h3-6H,7-8H2,1-2H3,(H,13,14)(H2,15,16,17). The lowest BCUT2D eigenvalue weighted by atomic mass is 9.79. The van der Waals surface area contributed by atoms with Crippen molar-refractivity contribution in [2.24, 2.45) is 0 Å². The van der Waals surface area contributed by atoms with Crippen molar-refractivity contribution in [1.29, 1.82) is 0 Å². The van der Waals surface area contributed by atoms with E-state index in [1.165, 1.54) is 0 Å². The fourth-order valence-corrected chi connectivity index (χ4v) is 2.24. The van der Waals surface area contributed by atoms with Crippen LogP contribution in [-0.4, -0.2) is 20.9 Å². The number of hydrogen-bond acceptors (Lipinski definition) is 3. The van der Waals surface area contributed by atoms with E-state index in [1.54, 1.807) is 38.1 Å². The zero-order valence-corrected chi connectivity index (χ0v) is 11.6. The second-order valence-electron chi connectivity index (χ2n) is 4.88. The molecule has 0 fully saturated rings. The van der Waals surface area contributed by atoms with Crippen LogP contribution < -0.4 is 0 Å². The predicted molar refractivity (Wildman–Crippen MR) is 68.6 cm³/mol. The molecule has 106 valence electrons. The van der Waals surface area contributed by atoms with Gasteiger partial charge in [0.15, 0.2) is 0 Å². The molecule has 0 aromatic heterocycles. The van der Waals surface area contributed by atoms with Crippen molar-refractivity contribution in [1.82, 2.24) is 0 Å². The van der Waals surface area contributed by atoms with Crippen LogP contribution in [0.2, 0.25) is 0 Å². The monoisotopic (exact) mass is 288 g/mol. The summed E-state index contributed by atoms with van der Waals surface area (Å²) in [6.07, 6.45) is -0.0834. The first kappa shape index (κ1) is 15.9. The third-order valence-corrected chi connectivity index (χ3v) is 3.19. The molecule has 0 bridgehead atoms. The molecule has 1 aromatic carbocycles. The molecule has 19 heavy (non-hydrogen) atoms. The first-order chi connectivity index (χ1) is 8.62. The molecule has 0 spiro atoms. The van der Waals surface area contributed by atoms with Gasteiger partial charge in [0, 0.05) is 5.41 Å². The van der Waals surface area contributed by atoms with Crippen molar-refractivity contribution < 1.29 is 28.8 Å². The summed E-state index contributed by atoms with van der Waals surface area (Å²) < 4.78 is 15.2. The quantitative estimate of drug-likeness (QED) is 0.692. The molecule has 6 nitrogen and oxygen atoms in total. The highest BCUT2D eigenvalue weighted by Gasteiger charge is 2.27. The van der Waals surface area contributed by atoms with Gasteiger partial charge in [-0.05, 0) is 11.1 Å². The summed E-state index contributed by atoms with van der Waals surface area (Å²) in [6.45, 7) is 3.26. The van der Waals surface area contributed by atoms with Crippen LogP contribution in [-0.2, 0) is 25.9 Å². The Morgan fingerprint density at radius 1 is 1.32 bits per heavy atom. The molecule has 1 aromatic rings. The Labute approximate surface area is 111 Å². The van der Waals surface area contributed by atoms with Crippen molar-refractivity contribution in [2.45, 2.75) is 32.3 Å². The average molecular weight is 288 g/mol. The SMILES string of the molecule is CC(C)(CC(=O)O)c1ccccc1COP(=O)(O)O. The number of benzene rings is 1. The van der Waals surface area contributed by atoms with Crippen LogP contribution in [0.15, 0.2) is 24.3 Å². The highest BCUT2D eigenvalue weighted by atomic mass is 31.2. The Balaban J connectivity index is 3.01. The smallest absolute Gasteiger partial charge is 0.469 e. The third kappa shape index (κ3) is 5.12. The molecule has 0 aliphatic carbocycles. The molecule has 0 heterocycles. The van der Waals surface area contributed by atoms with E-state index >= 15 is 0 Å². The van der Waals surface area contributed by atoms with Gasteiger partial charge in [-0.15, -0.1) is 0 Å². The van der Waals surface area contributed by atoms with Crippen LogP contribution in [0.1, 0.15) is 31.4 Å². The van der Waals surface area contributed by atoms with Gasteiger partial charge in [0.05, 0.1) is 13.0 Å². The van der Waals surface area contributed by atoms with E-state index in [9.17, 15) is 9.36 Å². The lowest BCUT2D eigenvalue weighted by Gasteiger charge is -2.26. The molecule has 0 atom stereocenters. The molecule has 0 saturated carbocycles. The van der Waals surface area contributed by atoms with Crippen LogP contribution in [0.25, 0.3) is 0 Å². The molecule has 1 rings (SSSR count). The van der Waals surface area contributed by atoms with E-state index in [-0.39, 0.29) is 13.0 Å². The number of carbonyl (C=O) groups is 1. The summed E-state index contributed by atoms with van der Waals surface area (Å²) in [6, 6.07) is 6.86. The van der Waals surface area contributed by atoms with Gasteiger partial charge in [0.2, 0.25) is 0 Å². The second-order valence-corrected chi connectivity index (χ2v) is 6.11. The Morgan fingerprint density at radius 2 is 1.89 bits per heavy atom. The molecule has 0 aliphatic heterocycles. The maximum Gasteiger partial charge on any atom is 0.469 e.